The lowest BCUT2D eigenvalue weighted by Crippen LogP contribution is -2.54. The largest absolute Gasteiger partial charge is 0.389 e. The van der Waals surface area contributed by atoms with E-state index < -0.39 is 32.4 Å². The molecule has 2 fully saturated rings. The SMILES string of the molecule is C#CC1(O[Si](C)(CCC(F)(F)F)OC2(C#C)CCCCC2)CCCCC1. The van der Waals surface area contributed by atoms with E-state index in [1.165, 1.54) is 0 Å². The number of hydrogen-bond donors (Lipinski definition) is 0. The van der Waals surface area contributed by atoms with Gasteiger partial charge in [0.15, 0.2) is 0 Å². The number of alkyl halides is 3. The summed E-state index contributed by atoms with van der Waals surface area (Å²) < 4.78 is 51.4. The molecule has 0 aromatic rings. The van der Waals surface area contributed by atoms with Gasteiger partial charge >= 0.3 is 14.7 Å². The summed E-state index contributed by atoms with van der Waals surface area (Å²) in [5.74, 6) is 5.48. The Morgan fingerprint density at radius 1 is 0.846 bits per heavy atom. The Bertz CT molecular complexity index is 509. The minimum Gasteiger partial charge on any atom is -0.377 e. The maximum atomic E-state index is 12.9. The van der Waals surface area contributed by atoms with Crippen LogP contribution in [0.15, 0.2) is 0 Å². The van der Waals surface area contributed by atoms with Crippen LogP contribution in [0.4, 0.5) is 13.2 Å². The summed E-state index contributed by atoms with van der Waals surface area (Å²) in [4.78, 5) is 0. The Balaban J connectivity index is 2.23. The number of rotatable bonds is 6. The lowest BCUT2D eigenvalue weighted by Gasteiger charge is -2.45. The quantitative estimate of drug-likeness (QED) is 0.430. The summed E-state index contributed by atoms with van der Waals surface area (Å²) in [6, 6.07) is -0.177. The van der Waals surface area contributed by atoms with Crippen molar-refractivity contribution in [3.8, 4) is 24.7 Å². The Labute approximate surface area is 156 Å². The molecule has 0 unspecified atom stereocenters. The van der Waals surface area contributed by atoms with Crippen LogP contribution in [0, 0.1) is 24.7 Å². The van der Waals surface area contributed by atoms with Gasteiger partial charge in [-0.05, 0) is 64.0 Å². The molecule has 2 aliphatic carbocycles. The fourth-order valence-corrected chi connectivity index (χ4v) is 7.28. The van der Waals surface area contributed by atoms with Gasteiger partial charge < -0.3 is 8.85 Å². The maximum Gasteiger partial charge on any atom is 0.389 e. The fourth-order valence-electron chi connectivity index (χ4n) is 4.12. The third-order valence-electron chi connectivity index (χ3n) is 5.53. The van der Waals surface area contributed by atoms with Crippen LogP contribution < -0.4 is 0 Å². The average molecular weight is 387 g/mol. The molecule has 146 valence electrons. The third kappa shape index (κ3) is 5.77. The zero-order chi connectivity index (χ0) is 19.3. The first-order valence-corrected chi connectivity index (χ1v) is 12.1. The molecule has 0 spiro atoms. The zero-order valence-corrected chi connectivity index (χ0v) is 16.6. The normalized spacial score (nSPS) is 23.0. The molecule has 6 heteroatoms. The smallest absolute Gasteiger partial charge is 0.377 e. The molecule has 0 radical (unpaired) electrons. The van der Waals surface area contributed by atoms with Crippen LogP contribution in [0.3, 0.4) is 0 Å². The van der Waals surface area contributed by atoms with Crippen LogP contribution in [0.5, 0.6) is 0 Å². The Hall–Kier alpha value is -0.953. The van der Waals surface area contributed by atoms with Crippen molar-refractivity contribution < 1.29 is 22.0 Å². The van der Waals surface area contributed by atoms with Crippen molar-refractivity contribution in [2.24, 2.45) is 0 Å². The molecule has 0 heterocycles. The van der Waals surface area contributed by atoms with Gasteiger partial charge in [0.2, 0.25) is 0 Å². The van der Waals surface area contributed by atoms with Crippen molar-refractivity contribution in [2.45, 2.75) is 101 Å². The van der Waals surface area contributed by atoms with E-state index in [0.717, 1.165) is 38.5 Å². The molecule has 2 rings (SSSR count). The highest BCUT2D eigenvalue weighted by atomic mass is 28.4. The first-order chi connectivity index (χ1) is 12.2. The van der Waals surface area contributed by atoms with E-state index in [4.69, 9.17) is 21.7 Å². The highest BCUT2D eigenvalue weighted by Crippen LogP contribution is 2.41. The van der Waals surface area contributed by atoms with Gasteiger partial charge in [0, 0.05) is 6.42 Å². The monoisotopic (exact) mass is 386 g/mol. The molecule has 2 nitrogen and oxygen atoms in total. The molecular formula is C20H29F3O2Si. The van der Waals surface area contributed by atoms with Gasteiger partial charge in [0.05, 0.1) is 0 Å². The number of hydrogen-bond acceptors (Lipinski definition) is 2. The van der Waals surface area contributed by atoms with Crippen molar-refractivity contribution in [2.75, 3.05) is 0 Å². The van der Waals surface area contributed by atoms with Crippen LogP contribution in [0.2, 0.25) is 12.6 Å². The van der Waals surface area contributed by atoms with Gasteiger partial charge in [0.1, 0.15) is 11.2 Å². The predicted molar refractivity (Wildman–Crippen MR) is 98.6 cm³/mol. The van der Waals surface area contributed by atoms with Crippen molar-refractivity contribution >= 4 is 8.56 Å². The van der Waals surface area contributed by atoms with Gasteiger partial charge in [-0.25, -0.2) is 0 Å². The lowest BCUT2D eigenvalue weighted by molar-refractivity contribution is -0.133. The zero-order valence-electron chi connectivity index (χ0n) is 15.6. The van der Waals surface area contributed by atoms with Crippen molar-refractivity contribution in [1.82, 2.24) is 0 Å². The molecule has 0 aromatic heterocycles. The topological polar surface area (TPSA) is 18.5 Å². The van der Waals surface area contributed by atoms with E-state index in [0.29, 0.717) is 25.7 Å². The van der Waals surface area contributed by atoms with E-state index in [1.54, 1.807) is 6.55 Å². The molecule has 0 N–H and O–H groups in total. The molecule has 0 aromatic carbocycles. The Morgan fingerprint density at radius 3 is 1.54 bits per heavy atom. The minimum absolute atomic E-state index is 0.177. The second kappa shape index (κ2) is 8.38. The molecule has 26 heavy (non-hydrogen) atoms. The van der Waals surface area contributed by atoms with Crippen molar-refractivity contribution in [1.29, 1.82) is 0 Å². The van der Waals surface area contributed by atoms with Crippen molar-refractivity contribution in [3.63, 3.8) is 0 Å². The van der Waals surface area contributed by atoms with Crippen LogP contribution >= 0.6 is 0 Å². The molecule has 0 bridgehead atoms. The Morgan fingerprint density at radius 2 is 1.23 bits per heavy atom. The average Bonchev–Trinajstić information content (AvgIpc) is 2.61. The summed E-state index contributed by atoms with van der Waals surface area (Å²) in [7, 11) is -3.23. The minimum atomic E-state index is -4.26. The van der Waals surface area contributed by atoms with Gasteiger partial charge in [-0.1, -0.05) is 24.7 Å². The standard InChI is InChI=1S/C20H29F3O2Si/c1-4-18(12-8-6-9-13-18)24-26(3,17-16-20(21,22)23)25-19(5-2)14-10-7-11-15-19/h1-2H,6-17H2,3H3. The van der Waals surface area contributed by atoms with Crippen LogP contribution in [-0.2, 0) is 8.85 Å². The molecule has 2 aliphatic rings. The molecule has 0 amide bonds. The summed E-state index contributed by atoms with van der Waals surface area (Å²) in [6.07, 6.45) is 14.8. The molecule has 0 aliphatic heterocycles. The fraction of sp³-hybridized carbons (Fsp3) is 0.800. The van der Waals surface area contributed by atoms with Gasteiger partial charge in [-0.15, -0.1) is 12.8 Å². The maximum absolute atomic E-state index is 12.9. The molecule has 0 saturated heterocycles. The summed E-state index contributed by atoms with van der Waals surface area (Å²) in [5.41, 5.74) is -1.62. The second-order valence-electron chi connectivity index (χ2n) is 7.85. The highest BCUT2D eigenvalue weighted by molar-refractivity contribution is 6.66. The third-order valence-corrected chi connectivity index (χ3v) is 8.34. The van der Waals surface area contributed by atoms with E-state index in [1.807, 2.05) is 0 Å². The molecule has 0 atom stereocenters. The predicted octanol–water partition coefficient (Wildman–Crippen LogP) is 5.72. The van der Waals surface area contributed by atoms with Crippen LogP contribution in [-0.4, -0.2) is 25.9 Å². The summed E-state index contributed by atoms with van der Waals surface area (Å²) in [6.45, 7) is 1.71. The summed E-state index contributed by atoms with van der Waals surface area (Å²) >= 11 is 0. The molecular weight excluding hydrogens is 357 g/mol. The number of halogens is 3. The lowest BCUT2D eigenvalue weighted by atomic mass is 9.86. The second-order valence-corrected chi connectivity index (χ2v) is 11.0. The van der Waals surface area contributed by atoms with Crippen molar-refractivity contribution in [3.05, 3.63) is 0 Å². The first-order valence-electron chi connectivity index (χ1n) is 9.58. The summed E-state index contributed by atoms with van der Waals surface area (Å²) in [5, 5.41) is 0. The van der Waals surface area contributed by atoms with E-state index in [-0.39, 0.29) is 6.04 Å². The van der Waals surface area contributed by atoms with Gasteiger partial charge in [-0.3, -0.25) is 0 Å². The van der Waals surface area contributed by atoms with Gasteiger partial charge in [0.25, 0.3) is 0 Å². The first kappa shape index (κ1) is 21.3. The van der Waals surface area contributed by atoms with E-state index >= 15 is 0 Å². The number of terminal acetylenes is 2. The van der Waals surface area contributed by atoms with E-state index in [2.05, 4.69) is 11.8 Å². The Kier molecular flexibility index (Phi) is 6.88. The van der Waals surface area contributed by atoms with E-state index in [9.17, 15) is 13.2 Å². The van der Waals surface area contributed by atoms with Gasteiger partial charge in [-0.2, -0.15) is 13.2 Å². The molecule has 2 saturated carbocycles. The van der Waals surface area contributed by atoms with Crippen LogP contribution in [0.25, 0.3) is 0 Å². The highest BCUT2D eigenvalue weighted by Gasteiger charge is 2.49. The van der Waals surface area contributed by atoms with Crippen LogP contribution in [0.1, 0.15) is 70.6 Å².